The monoisotopic (exact) mass is 389 g/mol. The molecule has 0 radical (unpaired) electrons. The third-order valence-electron chi connectivity index (χ3n) is 5.49. The first-order chi connectivity index (χ1) is 13.5. The molecule has 4 rings (SSSR count). The molecule has 2 aliphatic heterocycles. The summed E-state index contributed by atoms with van der Waals surface area (Å²) in [6.45, 7) is 16.6. The van der Waals surface area contributed by atoms with E-state index in [0.29, 0.717) is 11.8 Å². The molecule has 160 valence electrons. The summed E-state index contributed by atoms with van der Waals surface area (Å²) in [7, 11) is 0. The van der Waals surface area contributed by atoms with Gasteiger partial charge in [-0.25, -0.2) is 0 Å². The predicted octanol–water partition coefficient (Wildman–Crippen LogP) is 6.63. The van der Waals surface area contributed by atoms with Crippen molar-refractivity contribution in [2.24, 2.45) is 11.3 Å². The number of benzene rings is 1. The fraction of sp³-hybridized carbons (Fsp3) is 0.720. The Hall–Kier alpha value is -1.35. The van der Waals surface area contributed by atoms with Crippen LogP contribution < -0.4 is 0 Å². The van der Waals surface area contributed by atoms with E-state index >= 15 is 0 Å². The van der Waals surface area contributed by atoms with Crippen molar-refractivity contribution in [3.8, 4) is 0 Å². The lowest BCUT2D eigenvalue weighted by Gasteiger charge is -2.25. The number of amides is 1. The second kappa shape index (κ2) is 12.3. The van der Waals surface area contributed by atoms with Crippen LogP contribution in [0, 0.1) is 11.3 Å². The molecule has 0 aromatic heterocycles. The van der Waals surface area contributed by atoms with Crippen molar-refractivity contribution in [2.75, 3.05) is 13.2 Å². The van der Waals surface area contributed by atoms with E-state index in [1.54, 1.807) is 0 Å². The van der Waals surface area contributed by atoms with E-state index in [-0.39, 0.29) is 17.6 Å². The standard InChI is InChI=1S/C15H17NO2.C4H10.2C3H8/c1-10(11-5-3-2-4-6-11)16-8-12-9-18-13-7-15(12,13)14(16)17;1-3-4-2;2*1-3-2/h2-6,10,12-13H,7-9H2,1H3;3-4H2,1-2H3;2*3H2,1-2H3. The van der Waals surface area contributed by atoms with E-state index in [0.717, 1.165) is 19.6 Å². The molecule has 2 saturated heterocycles. The second-order valence-corrected chi connectivity index (χ2v) is 8.22. The third kappa shape index (κ3) is 5.59. The van der Waals surface area contributed by atoms with Crippen LogP contribution >= 0.6 is 0 Å². The minimum absolute atomic E-state index is 0.122. The normalized spacial score (nSPS) is 27.1. The number of hydrogen-bond donors (Lipinski definition) is 0. The fourth-order valence-corrected chi connectivity index (χ4v) is 3.71. The van der Waals surface area contributed by atoms with Gasteiger partial charge in [0.25, 0.3) is 0 Å². The number of ether oxygens (including phenoxy) is 1. The van der Waals surface area contributed by atoms with Gasteiger partial charge in [-0.3, -0.25) is 4.79 Å². The molecular formula is C25H43NO2. The molecular weight excluding hydrogens is 346 g/mol. The Morgan fingerprint density at radius 2 is 1.57 bits per heavy atom. The highest BCUT2D eigenvalue weighted by molar-refractivity contribution is 5.90. The zero-order valence-corrected chi connectivity index (χ0v) is 19.3. The summed E-state index contributed by atoms with van der Waals surface area (Å²) in [5.74, 6) is 0.757. The van der Waals surface area contributed by atoms with E-state index in [4.69, 9.17) is 4.74 Å². The van der Waals surface area contributed by atoms with Crippen molar-refractivity contribution < 1.29 is 9.53 Å². The van der Waals surface area contributed by atoms with Crippen molar-refractivity contribution in [1.82, 2.24) is 4.90 Å². The molecule has 3 fully saturated rings. The number of likely N-dealkylation sites (tertiary alicyclic amines) is 1. The van der Waals surface area contributed by atoms with Gasteiger partial charge in [0, 0.05) is 12.5 Å². The van der Waals surface area contributed by atoms with E-state index in [2.05, 4.69) is 65.5 Å². The maximum absolute atomic E-state index is 12.6. The Bertz CT molecular complexity index is 555. The molecule has 1 spiro atoms. The first-order valence-corrected chi connectivity index (χ1v) is 11.5. The van der Waals surface area contributed by atoms with E-state index in [1.165, 1.54) is 31.2 Å². The first kappa shape index (κ1) is 24.7. The highest BCUT2D eigenvalue weighted by atomic mass is 16.5. The molecule has 2 heterocycles. The fourth-order valence-electron chi connectivity index (χ4n) is 3.71. The van der Waals surface area contributed by atoms with E-state index in [1.807, 2.05) is 18.2 Å². The van der Waals surface area contributed by atoms with Crippen molar-refractivity contribution >= 4 is 5.91 Å². The molecule has 4 unspecified atom stereocenters. The number of rotatable bonds is 3. The van der Waals surface area contributed by atoms with Crippen LogP contribution in [0.2, 0.25) is 0 Å². The summed E-state index contributed by atoms with van der Waals surface area (Å²) >= 11 is 0. The third-order valence-corrected chi connectivity index (χ3v) is 5.49. The summed E-state index contributed by atoms with van der Waals surface area (Å²) < 4.78 is 5.64. The summed E-state index contributed by atoms with van der Waals surface area (Å²) in [6, 6.07) is 10.5. The van der Waals surface area contributed by atoms with Gasteiger partial charge in [-0.2, -0.15) is 0 Å². The average Bonchev–Trinajstić information content (AvgIpc) is 3.24. The molecule has 1 amide bonds. The van der Waals surface area contributed by atoms with Gasteiger partial charge in [0.2, 0.25) is 5.91 Å². The molecule has 3 nitrogen and oxygen atoms in total. The number of hydrogen-bond acceptors (Lipinski definition) is 2. The Morgan fingerprint density at radius 3 is 2.00 bits per heavy atom. The zero-order chi connectivity index (χ0) is 21.2. The number of carbonyl (C=O) groups is 1. The topological polar surface area (TPSA) is 29.5 Å². The highest BCUT2D eigenvalue weighted by Gasteiger charge is 2.73. The van der Waals surface area contributed by atoms with Gasteiger partial charge < -0.3 is 9.64 Å². The number of nitrogens with zero attached hydrogens (tertiary/aromatic N) is 1. The Kier molecular flexibility index (Phi) is 10.8. The van der Waals surface area contributed by atoms with Crippen molar-refractivity contribution in [3.05, 3.63) is 35.9 Å². The molecule has 1 aromatic rings. The van der Waals surface area contributed by atoms with Crippen molar-refractivity contribution in [2.45, 2.75) is 92.7 Å². The lowest BCUT2D eigenvalue weighted by molar-refractivity contribution is -0.134. The Balaban J connectivity index is 0.000000334. The van der Waals surface area contributed by atoms with Crippen LogP contribution in [0.25, 0.3) is 0 Å². The SMILES string of the molecule is CC(c1ccccc1)N1CC2COC3CC23C1=O.CCC.CCC.CCCC. The highest BCUT2D eigenvalue weighted by Crippen LogP contribution is 2.63. The Morgan fingerprint density at radius 1 is 1.04 bits per heavy atom. The number of carbonyl (C=O) groups excluding carboxylic acids is 1. The van der Waals surface area contributed by atoms with Crippen LogP contribution in [0.4, 0.5) is 0 Å². The summed E-state index contributed by atoms with van der Waals surface area (Å²) in [6.07, 6.45) is 6.32. The lowest BCUT2D eigenvalue weighted by Crippen LogP contribution is -2.31. The van der Waals surface area contributed by atoms with Crippen molar-refractivity contribution in [3.63, 3.8) is 0 Å². The smallest absolute Gasteiger partial charge is 0.232 e. The first-order valence-electron chi connectivity index (χ1n) is 11.5. The Labute approximate surface area is 173 Å². The summed E-state index contributed by atoms with van der Waals surface area (Å²) in [5.41, 5.74) is 1.10. The average molecular weight is 390 g/mol. The minimum Gasteiger partial charge on any atom is -0.377 e. The maximum Gasteiger partial charge on any atom is 0.232 e. The van der Waals surface area contributed by atoms with E-state index < -0.39 is 0 Å². The molecule has 1 aliphatic carbocycles. The van der Waals surface area contributed by atoms with Crippen molar-refractivity contribution in [1.29, 1.82) is 0 Å². The van der Waals surface area contributed by atoms with Crippen LogP contribution in [0.5, 0.6) is 0 Å². The van der Waals surface area contributed by atoms with Gasteiger partial charge in [0.15, 0.2) is 0 Å². The summed E-state index contributed by atoms with van der Waals surface area (Å²) in [4.78, 5) is 14.7. The molecule has 1 saturated carbocycles. The molecule has 3 heteroatoms. The van der Waals surface area contributed by atoms with Crippen LogP contribution in [-0.2, 0) is 9.53 Å². The zero-order valence-electron chi connectivity index (χ0n) is 19.3. The van der Waals surface area contributed by atoms with Crippen LogP contribution in [0.3, 0.4) is 0 Å². The molecule has 3 aliphatic rings. The molecule has 4 atom stereocenters. The predicted molar refractivity (Wildman–Crippen MR) is 119 cm³/mol. The van der Waals surface area contributed by atoms with Gasteiger partial charge in [-0.1, -0.05) is 97.6 Å². The minimum atomic E-state index is -0.122. The maximum atomic E-state index is 12.6. The molecule has 0 bridgehead atoms. The van der Waals surface area contributed by atoms with Gasteiger partial charge in [0.05, 0.1) is 24.2 Å². The van der Waals surface area contributed by atoms with Crippen LogP contribution in [-0.4, -0.2) is 30.1 Å². The van der Waals surface area contributed by atoms with E-state index in [9.17, 15) is 4.79 Å². The largest absolute Gasteiger partial charge is 0.377 e. The molecule has 0 N–H and O–H groups in total. The van der Waals surface area contributed by atoms with Gasteiger partial charge in [0.1, 0.15) is 0 Å². The quantitative estimate of drug-likeness (QED) is 0.580. The number of unbranched alkanes of at least 4 members (excludes halogenated alkanes) is 1. The molecule has 28 heavy (non-hydrogen) atoms. The van der Waals surface area contributed by atoms with Crippen LogP contribution in [0.15, 0.2) is 30.3 Å². The van der Waals surface area contributed by atoms with Gasteiger partial charge >= 0.3 is 0 Å². The molecule has 1 aromatic carbocycles. The second-order valence-electron chi connectivity index (χ2n) is 8.22. The lowest BCUT2D eigenvalue weighted by atomic mass is 9.94. The van der Waals surface area contributed by atoms with Gasteiger partial charge in [-0.05, 0) is 18.9 Å². The summed E-state index contributed by atoms with van der Waals surface area (Å²) in [5, 5.41) is 0. The van der Waals surface area contributed by atoms with Gasteiger partial charge in [-0.15, -0.1) is 0 Å². The van der Waals surface area contributed by atoms with Crippen LogP contribution in [0.1, 0.15) is 92.2 Å².